The number of halogens is 1. The van der Waals surface area contributed by atoms with Crippen molar-refractivity contribution in [3.63, 3.8) is 0 Å². The van der Waals surface area contributed by atoms with Gasteiger partial charge in [-0.05, 0) is 36.5 Å². The van der Waals surface area contributed by atoms with Crippen LogP contribution >= 0.6 is 46.0 Å². The first-order valence-corrected chi connectivity index (χ1v) is 25.2. The van der Waals surface area contributed by atoms with Gasteiger partial charge in [-0.15, -0.1) is 10.2 Å². The van der Waals surface area contributed by atoms with Gasteiger partial charge in [-0.25, -0.2) is 9.78 Å². The zero-order valence-corrected chi connectivity index (χ0v) is 40.6. The fraction of sp³-hybridized carbons (Fsp3) is 0.130. The number of allylic oxidation sites excluding steroid dienone is 1. The van der Waals surface area contributed by atoms with Gasteiger partial charge in [0.25, 0.3) is 0 Å². The van der Waals surface area contributed by atoms with Crippen LogP contribution in [0, 0.1) is 6.92 Å². The summed E-state index contributed by atoms with van der Waals surface area (Å²) in [6.07, 6.45) is 1.46. The second-order valence-electron chi connectivity index (χ2n) is 16.4. The normalized spacial score (nSPS) is 14.9. The number of thiazole rings is 1. The van der Waals surface area contributed by atoms with Gasteiger partial charge in [-0.1, -0.05) is 233 Å². The number of hydroxylamine groups is 1. The highest BCUT2D eigenvalue weighted by Gasteiger charge is 2.46. The maximum atomic E-state index is 14.9. The van der Waals surface area contributed by atoms with Crippen molar-refractivity contribution in [1.29, 1.82) is 0 Å². The molecule has 10 rings (SSSR count). The monoisotopic (exact) mass is 999 g/mol. The summed E-state index contributed by atoms with van der Waals surface area (Å²) in [5, 5.41) is 17.9. The Morgan fingerprint density at radius 1 is 0.714 bits per heavy atom. The fourth-order valence-corrected chi connectivity index (χ4v) is 12.1. The number of hydrogen-bond donors (Lipinski definition) is 2. The maximum Gasteiger partial charge on any atom is 0.380 e. The van der Waals surface area contributed by atoms with Crippen molar-refractivity contribution in [2.75, 3.05) is 5.32 Å². The topological polar surface area (TPSA) is 148 Å². The van der Waals surface area contributed by atoms with Crippen molar-refractivity contribution >= 4 is 74.7 Å². The molecule has 0 radical (unpaired) electrons. The van der Waals surface area contributed by atoms with Crippen LogP contribution < -0.4 is 10.8 Å². The maximum absolute atomic E-state index is 14.9. The van der Waals surface area contributed by atoms with E-state index < -0.39 is 28.7 Å². The SMILES string of the molecule is Cc1nnc(SC2=C(C(=O)ONC(=O)C(=NOC(c3ccccc3)(c3ccccc3)c3ccccc3)c3nc(NC(c4ccccc4)(c4ccccc4)c4ccccc4)sc3Cl)N3C(=O)CC3CC2)s1. The molecule has 1 fully saturated rings. The Bertz CT molecular complexity index is 3020. The number of β-lactam (4-membered cyclic amide) rings is 1. The Kier molecular flexibility index (Phi) is 13.4. The molecule has 16 heteroatoms. The first kappa shape index (κ1) is 46.3. The van der Waals surface area contributed by atoms with Crippen molar-refractivity contribution in [3.05, 3.63) is 241 Å². The molecule has 2 amide bonds. The Hall–Kier alpha value is -7.43. The van der Waals surface area contributed by atoms with Crippen molar-refractivity contribution in [1.82, 2.24) is 25.6 Å². The molecule has 0 aliphatic carbocycles. The smallest absolute Gasteiger partial charge is 0.374 e. The Balaban J connectivity index is 1.09. The minimum Gasteiger partial charge on any atom is -0.374 e. The number of rotatable bonds is 15. The predicted octanol–water partition coefficient (Wildman–Crippen LogP) is 11.0. The van der Waals surface area contributed by atoms with Crippen LogP contribution in [0.15, 0.2) is 202 Å². The highest BCUT2D eigenvalue weighted by molar-refractivity contribution is 8.04. The third-order valence-corrected chi connectivity index (χ3v) is 15.4. The van der Waals surface area contributed by atoms with Crippen molar-refractivity contribution < 1.29 is 24.1 Å². The number of carbonyl (C=O) groups excluding carboxylic acids is 3. The molecule has 1 atom stereocenters. The largest absolute Gasteiger partial charge is 0.380 e. The van der Waals surface area contributed by atoms with E-state index in [0.29, 0.717) is 50.3 Å². The number of fused-ring (bicyclic) bond motifs is 1. The molecule has 1 unspecified atom stereocenters. The number of aromatic nitrogens is 3. The van der Waals surface area contributed by atoms with E-state index in [-0.39, 0.29) is 27.7 Å². The van der Waals surface area contributed by atoms with Crippen LogP contribution in [0.2, 0.25) is 4.34 Å². The summed E-state index contributed by atoms with van der Waals surface area (Å²) in [4.78, 5) is 61.8. The number of oxime groups is 1. The summed E-state index contributed by atoms with van der Waals surface area (Å²) in [7, 11) is 0. The molecule has 2 N–H and O–H groups in total. The summed E-state index contributed by atoms with van der Waals surface area (Å²) in [5.41, 5.74) is 4.38. The molecule has 70 heavy (non-hydrogen) atoms. The summed E-state index contributed by atoms with van der Waals surface area (Å²) in [6, 6.07) is 58.4. The Labute approximate surface area is 421 Å². The van der Waals surface area contributed by atoms with Crippen molar-refractivity contribution in [2.24, 2.45) is 5.16 Å². The quantitative estimate of drug-likeness (QED) is 0.0440. The molecule has 12 nitrogen and oxygen atoms in total. The lowest BCUT2D eigenvalue weighted by molar-refractivity contribution is -0.159. The molecule has 8 aromatic rings. The zero-order chi connectivity index (χ0) is 48.1. The number of benzene rings is 6. The van der Waals surface area contributed by atoms with Crippen molar-refractivity contribution in [3.8, 4) is 0 Å². The molecule has 2 aliphatic heterocycles. The molecule has 6 aromatic carbocycles. The summed E-state index contributed by atoms with van der Waals surface area (Å²) < 4.78 is 0.700. The van der Waals surface area contributed by atoms with E-state index >= 15 is 0 Å². The number of amides is 2. The van der Waals surface area contributed by atoms with Crippen LogP contribution in [-0.4, -0.2) is 49.6 Å². The molecular weight excluding hydrogens is 958 g/mol. The number of anilines is 1. The average Bonchev–Trinajstić information content (AvgIpc) is 4.00. The number of carbonyl (C=O) groups is 3. The third kappa shape index (κ3) is 9.00. The number of nitrogens with zero attached hydrogens (tertiary/aromatic N) is 5. The second kappa shape index (κ2) is 20.3. The van der Waals surface area contributed by atoms with Crippen LogP contribution in [0.3, 0.4) is 0 Å². The van der Waals surface area contributed by atoms with Crippen LogP contribution in [0.1, 0.15) is 63.3 Å². The van der Waals surface area contributed by atoms with E-state index in [0.717, 1.165) is 33.0 Å². The minimum atomic E-state index is -1.42. The molecule has 0 spiro atoms. The molecule has 2 aliphatic rings. The number of hydrogen-bond acceptors (Lipinski definition) is 13. The van der Waals surface area contributed by atoms with Crippen LogP contribution in [0.4, 0.5) is 5.13 Å². The number of aryl methyl sites for hydroxylation is 1. The molecule has 4 heterocycles. The Morgan fingerprint density at radius 3 is 1.66 bits per heavy atom. The van der Waals surface area contributed by atoms with Gasteiger partial charge in [-0.3, -0.25) is 9.59 Å². The van der Waals surface area contributed by atoms with Gasteiger partial charge in [0.1, 0.15) is 26.3 Å². The van der Waals surface area contributed by atoms with Gasteiger partial charge in [0.15, 0.2) is 15.2 Å². The van der Waals surface area contributed by atoms with Crippen LogP contribution in [0.25, 0.3) is 0 Å². The molecule has 0 saturated carbocycles. The Morgan fingerprint density at radius 2 is 1.20 bits per heavy atom. The fourth-order valence-electron chi connectivity index (χ4n) is 8.92. The molecule has 348 valence electrons. The number of thioether (sulfide) groups is 1. The lowest BCUT2D eigenvalue weighted by atomic mass is 9.77. The average molecular weight is 1000 g/mol. The van der Waals surface area contributed by atoms with E-state index in [9.17, 15) is 14.4 Å². The van der Waals surface area contributed by atoms with Gasteiger partial charge < -0.3 is 19.9 Å². The lowest BCUT2D eigenvalue weighted by Crippen LogP contribution is -2.55. The summed E-state index contributed by atoms with van der Waals surface area (Å²) in [5.74, 6) is -2.16. The van der Waals surface area contributed by atoms with Crippen LogP contribution in [-0.2, 0) is 35.2 Å². The van der Waals surface area contributed by atoms with Gasteiger partial charge in [-0.2, -0.15) is 5.48 Å². The molecule has 2 aromatic heterocycles. The molecular formula is C54H42ClN7O5S3. The van der Waals surface area contributed by atoms with Gasteiger partial charge in [0.05, 0.1) is 0 Å². The van der Waals surface area contributed by atoms with Gasteiger partial charge in [0.2, 0.25) is 11.5 Å². The highest BCUT2D eigenvalue weighted by atomic mass is 35.5. The van der Waals surface area contributed by atoms with E-state index in [2.05, 4.69) is 21.0 Å². The zero-order valence-electron chi connectivity index (χ0n) is 37.4. The standard InChI is InChI=1S/C54H42ClN7O5S3/c1-35-58-59-52(68-35)69-43-33-32-42-34-44(63)62(42)47(43)50(65)66-61-49(64)46(60-67-54(39-26-14-5-15-27-39,40-28-16-6-17-29-40)41-30-18-7-19-31-41)45-48(55)70-51(56-45)57-53(36-20-8-2-9-21-36,37-22-10-3-11-23-37)38-24-12-4-13-25-38/h2-31,42H,32-34H2,1H3,(H,56,57)(H,61,64). The highest BCUT2D eigenvalue weighted by Crippen LogP contribution is 2.46. The lowest BCUT2D eigenvalue weighted by Gasteiger charge is -2.44. The van der Waals surface area contributed by atoms with E-state index in [4.69, 9.17) is 31.4 Å². The van der Waals surface area contributed by atoms with Crippen molar-refractivity contribution in [2.45, 2.75) is 47.7 Å². The van der Waals surface area contributed by atoms with E-state index in [1.54, 1.807) is 0 Å². The first-order chi connectivity index (χ1) is 34.2. The van der Waals surface area contributed by atoms with Gasteiger partial charge >= 0.3 is 11.9 Å². The van der Waals surface area contributed by atoms with E-state index in [1.165, 1.54) is 28.0 Å². The van der Waals surface area contributed by atoms with E-state index in [1.807, 2.05) is 189 Å². The predicted molar refractivity (Wildman–Crippen MR) is 273 cm³/mol. The first-order valence-electron chi connectivity index (χ1n) is 22.3. The number of nitrogens with one attached hydrogen (secondary N) is 2. The van der Waals surface area contributed by atoms with Crippen LogP contribution in [0.5, 0.6) is 0 Å². The summed E-state index contributed by atoms with van der Waals surface area (Å²) >= 11 is 10.9. The molecule has 1 saturated heterocycles. The minimum absolute atomic E-state index is 0.0360. The second-order valence-corrected chi connectivity index (χ2v) is 20.5. The summed E-state index contributed by atoms with van der Waals surface area (Å²) in [6.45, 7) is 1.84. The third-order valence-electron chi connectivity index (χ3n) is 12.2. The molecule has 0 bridgehead atoms. The van der Waals surface area contributed by atoms with Gasteiger partial charge in [0, 0.05) is 34.1 Å².